The summed E-state index contributed by atoms with van der Waals surface area (Å²) in [5.41, 5.74) is 0. The molecule has 0 aliphatic heterocycles. The van der Waals surface area contributed by atoms with Crippen LogP contribution < -0.4 is 5.32 Å². The summed E-state index contributed by atoms with van der Waals surface area (Å²) in [5, 5.41) is 13.9. The van der Waals surface area contributed by atoms with Crippen LogP contribution in [0.15, 0.2) is 0 Å². The lowest BCUT2D eigenvalue weighted by molar-refractivity contribution is -0.870. The number of hydrogen-bond donors (Lipinski definition) is 3. The van der Waals surface area contributed by atoms with E-state index in [2.05, 4.69) is 19.2 Å². The number of quaternary nitrogens is 1. The largest absolute Gasteiger partial charge is 0.472 e. The number of likely N-dealkylation sites (N-methyl/N-ethyl adjacent to an activating group) is 1. The maximum atomic E-state index is 12.8. The van der Waals surface area contributed by atoms with Gasteiger partial charge in [0, 0.05) is 6.42 Å². The first-order valence-electron chi connectivity index (χ1n) is 20.4. The third-order valence-corrected chi connectivity index (χ3v) is 10.3. The highest BCUT2D eigenvalue weighted by molar-refractivity contribution is 7.47. The molecular weight excluding hydrogens is 623 g/mol. The maximum Gasteiger partial charge on any atom is 0.472 e. The first-order chi connectivity index (χ1) is 23.0. The molecule has 0 saturated carbocycles. The minimum absolute atomic E-state index is 0.0781. The summed E-state index contributed by atoms with van der Waals surface area (Å²) in [6, 6.07) is -0.750. The molecule has 0 aliphatic rings. The first-order valence-corrected chi connectivity index (χ1v) is 21.9. The molecule has 3 N–H and O–H groups in total. The number of carbonyl (C=O) groups is 1. The second kappa shape index (κ2) is 32.4. The van der Waals surface area contributed by atoms with Crippen molar-refractivity contribution in [2.75, 3.05) is 40.9 Å². The van der Waals surface area contributed by atoms with Crippen LogP contribution in [0.4, 0.5) is 0 Å². The van der Waals surface area contributed by atoms with E-state index < -0.39 is 20.0 Å². The molecule has 0 spiro atoms. The number of rotatable bonds is 37. The van der Waals surface area contributed by atoms with E-state index >= 15 is 0 Å². The van der Waals surface area contributed by atoms with Crippen LogP contribution in [0.5, 0.6) is 0 Å². The van der Waals surface area contributed by atoms with Gasteiger partial charge in [-0.2, -0.15) is 0 Å². The molecule has 0 aromatic carbocycles. The summed E-state index contributed by atoms with van der Waals surface area (Å²) in [5.74, 6) is -0.144. The van der Waals surface area contributed by atoms with Gasteiger partial charge in [0.05, 0.1) is 39.9 Å². The highest BCUT2D eigenvalue weighted by Gasteiger charge is 2.28. The van der Waals surface area contributed by atoms with Crippen molar-refractivity contribution in [3.63, 3.8) is 0 Å². The van der Waals surface area contributed by atoms with Crippen molar-refractivity contribution in [1.82, 2.24) is 5.32 Å². The maximum absolute atomic E-state index is 12.8. The molecule has 0 radical (unpaired) electrons. The average molecular weight is 706 g/mol. The van der Waals surface area contributed by atoms with Crippen molar-refractivity contribution >= 4 is 13.7 Å². The number of nitrogens with zero attached hydrogens (tertiary/aromatic N) is 1. The first kappa shape index (κ1) is 47.5. The molecule has 288 valence electrons. The van der Waals surface area contributed by atoms with Gasteiger partial charge in [-0.3, -0.25) is 13.8 Å². The fourth-order valence-corrected chi connectivity index (χ4v) is 6.78. The summed E-state index contributed by atoms with van der Waals surface area (Å²) < 4.78 is 23.5. The van der Waals surface area contributed by atoms with Crippen LogP contribution in [0.3, 0.4) is 0 Å². The van der Waals surface area contributed by atoms with Crippen molar-refractivity contribution < 1.29 is 32.9 Å². The third-order valence-electron chi connectivity index (χ3n) is 9.36. The minimum Gasteiger partial charge on any atom is -0.391 e. The Bertz CT molecular complexity index is 763. The van der Waals surface area contributed by atoms with Gasteiger partial charge < -0.3 is 19.8 Å². The summed E-state index contributed by atoms with van der Waals surface area (Å²) in [4.78, 5) is 23.0. The van der Waals surface area contributed by atoms with Crippen LogP contribution in [0.1, 0.15) is 194 Å². The fraction of sp³-hybridized carbons (Fsp3) is 0.974. The van der Waals surface area contributed by atoms with E-state index in [4.69, 9.17) is 9.05 Å². The van der Waals surface area contributed by atoms with E-state index in [1.807, 2.05) is 21.1 Å². The van der Waals surface area contributed by atoms with E-state index in [-0.39, 0.29) is 19.1 Å². The summed E-state index contributed by atoms with van der Waals surface area (Å²) in [7, 11) is 1.62. The Balaban J connectivity index is 4.34. The SMILES string of the molecule is CCCCCCCCCCCCCCCCCCC(=O)NC(COP(=O)(O)OCC[N+](C)(C)C)C(O)CCCCCCCCCCCC. The number of aliphatic hydroxyl groups excluding tert-OH is 1. The number of hydrogen-bond acceptors (Lipinski definition) is 5. The van der Waals surface area contributed by atoms with Gasteiger partial charge in [0.2, 0.25) is 5.91 Å². The van der Waals surface area contributed by atoms with E-state index in [0.29, 0.717) is 23.9 Å². The van der Waals surface area contributed by atoms with Crippen molar-refractivity contribution in [2.24, 2.45) is 0 Å². The Kier molecular flexibility index (Phi) is 32.1. The quantitative estimate of drug-likeness (QED) is 0.0338. The molecule has 0 aromatic rings. The molecule has 0 heterocycles. The predicted molar refractivity (Wildman–Crippen MR) is 203 cm³/mol. The molecule has 9 heteroatoms. The van der Waals surface area contributed by atoms with Crippen LogP contribution >= 0.6 is 7.82 Å². The van der Waals surface area contributed by atoms with E-state index in [1.165, 1.54) is 128 Å². The van der Waals surface area contributed by atoms with Gasteiger partial charge in [-0.1, -0.05) is 174 Å². The van der Waals surface area contributed by atoms with Crippen molar-refractivity contribution in [1.29, 1.82) is 0 Å². The Labute approximate surface area is 298 Å². The molecule has 8 nitrogen and oxygen atoms in total. The number of carbonyl (C=O) groups excluding carboxylic acids is 1. The van der Waals surface area contributed by atoms with Crippen molar-refractivity contribution in [2.45, 2.75) is 206 Å². The number of aliphatic hydroxyl groups is 1. The second-order valence-corrected chi connectivity index (χ2v) is 16.8. The number of phosphoric acid groups is 1. The number of nitrogens with one attached hydrogen (secondary N) is 1. The summed E-state index contributed by atoms with van der Waals surface area (Å²) in [6.45, 7) is 4.88. The van der Waals surface area contributed by atoms with Crippen LogP contribution in [0.2, 0.25) is 0 Å². The van der Waals surface area contributed by atoms with Gasteiger partial charge in [0.1, 0.15) is 13.2 Å². The van der Waals surface area contributed by atoms with Gasteiger partial charge in [-0.25, -0.2) is 4.57 Å². The lowest BCUT2D eigenvalue weighted by Crippen LogP contribution is -2.46. The standard InChI is InChI=1S/C39H81N2O6P/c1-6-8-10-12-14-16-18-19-20-21-22-23-25-27-29-31-33-39(43)40-37(36-47-48(44,45)46-35-34-41(3,4)5)38(42)32-30-28-26-24-17-15-13-11-9-7-2/h37-38,42H,6-36H2,1-5H3,(H-,40,43,44,45)/p+1. The van der Waals surface area contributed by atoms with Gasteiger partial charge in [-0.15, -0.1) is 0 Å². The molecule has 3 unspecified atom stereocenters. The Morgan fingerprint density at radius 3 is 1.40 bits per heavy atom. The topological polar surface area (TPSA) is 105 Å². The Morgan fingerprint density at radius 1 is 0.625 bits per heavy atom. The molecule has 1 amide bonds. The highest BCUT2D eigenvalue weighted by Crippen LogP contribution is 2.43. The fourth-order valence-electron chi connectivity index (χ4n) is 6.05. The number of phosphoric ester groups is 1. The van der Waals surface area contributed by atoms with Gasteiger partial charge >= 0.3 is 7.82 Å². The van der Waals surface area contributed by atoms with Crippen LogP contribution in [-0.4, -0.2) is 73.4 Å². The molecule has 0 fully saturated rings. The Morgan fingerprint density at radius 2 is 1.00 bits per heavy atom. The van der Waals surface area contributed by atoms with E-state index in [0.717, 1.165) is 38.5 Å². The summed E-state index contributed by atoms with van der Waals surface area (Å²) in [6.07, 6.45) is 32.6. The van der Waals surface area contributed by atoms with Crippen LogP contribution in [-0.2, 0) is 18.4 Å². The lowest BCUT2D eigenvalue weighted by Gasteiger charge is -2.26. The van der Waals surface area contributed by atoms with Gasteiger partial charge in [-0.05, 0) is 12.8 Å². The monoisotopic (exact) mass is 706 g/mol. The van der Waals surface area contributed by atoms with Crippen molar-refractivity contribution in [3.8, 4) is 0 Å². The molecule has 0 rings (SSSR count). The predicted octanol–water partition coefficient (Wildman–Crippen LogP) is 10.6. The molecule has 0 aliphatic carbocycles. The normalized spacial score (nSPS) is 14.6. The zero-order valence-corrected chi connectivity index (χ0v) is 33.4. The average Bonchev–Trinajstić information content (AvgIpc) is 3.02. The molecule has 0 bridgehead atoms. The highest BCUT2D eigenvalue weighted by atomic mass is 31.2. The zero-order valence-electron chi connectivity index (χ0n) is 32.5. The Hall–Kier alpha value is -0.500. The lowest BCUT2D eigenvalue weighted by atomic mass is 10.0. The van der Waals surface area contributed by atoms with Gasteiger partial charge in [0.15, 0.2) is 0 Å². The molecule has 3 atom stereocenters. The summed E-state index contributed by atoms with van der Waals surface area (Å²) >= 11 is 0. The molecule has 0 aromatic heterocycles. The zero-order chi connectivity index (χ0) is 35.8. The second-order valence-electron chi connectivity index (χ2n) is 15.4. The van der Waals surface area contributed by atoms with Gasteiger partial charge in [0.25, 0.3) is 0 Å². The van der Waals surface area contributed by atoms with E-state index in [1.54, 1.807) is 0 Å². The number of unbranched alkanes of at least 4 members (excludes halogenated alkanes) is 24. The van der Waals surface area contributed by atoms with Crippen molar-refractivity contribution in [3.05, 3.63) is 0 Å². The smallest absolute Gasteiger partial charge is 0.391 e. The third kappa shape index (κ3) is 34.0. The van der Waals surface area contributed by atoms with Crippen LogP contribution in [0.25, 0.3) is 0 Å². The van der Waals surface area contributed by atoms with Crippen LogP contribution in [0, 0.1) is 0 Å². The molecule has 48 heavy (non-hydrogen) atoms. The number of amides is 1. The molecule has 0 saturated heterocycles. The van der Waals surface area contributed by atoms with E-state index in [9.17, 15) is 19.4 Å². The molecular formula is C39H82N2O6P+. The minimum atomic E-state index is -4.30.